The Balaban J connectivity index is 1.89. The van der Waals surface area contributed by atoms with Crippen LogP contribution in [0.4, 0.5) is 10.3 Å². The van der Waals surface area contributed by atoms with Gasteiger partial charge in [-0.3, -0.25) is 13.8 Å². The number of nitrogens with one attached hydrogen (secondary N) is 1. The summed E-state index contributed by atoms with van der Waals surface area (Å²) in [6, 6.07) is 8.05. The summed E-state index contributed by atoms with van der Waals surface area (Å²) in [4.78, 5) is 8.86. The predicted octanol–water partition coefficient (Wildman–Crippen LogP) is 4.23. The van der Waals surface area contributed by atoms with E-state index in [1.165, 1.54) is 12.1 Å². The second-order valence-electron chi connectivity index (χ2n) is 7.12. The van der Waals surface area contributed by atoms with E-state index in [2.05, 4.69) is 20.4 Å². The smallest absolute Gasteiger partial charge is 0.223 e. The van der Waals surface area contributed by atoms with Gasteiger partial charge in [-0.2, -0.15) is 15.7 Å². The van der Waals surface area contributed by atoms with Gasteiger partial charge in [-0.05, 0) is 44.2 Å². The molecule has 2 aromatic heterocycles. The summed E-state index contributed by atoms with van der Waals surface area (Å²) in [7, 11) is -2.71. The molecular formula is C19H22FN5O2S. The SMILES string of the molecule is CC(C)Nc1nccc(-c2c(-c3ccc(F)cc3)nn3c2CS(O)(O)CC3)n1. The highest BCUT2D eigenvalue weighted by Gasteiger charge is 2.30. The molecular weight excluding hydrogens is 381 g/mol. The first-order chi connectivity index (χ1) is 13.3. The molecule has 1 aliphatic heterocycles. The Morgan fingerprint density at radius 2 is 1.93 bits per heavy atom. The van der Waals surface area contributed by atoms with Crippen molar-refractivity contribution < 1.29 is 13.5 Å². The van der Waals surface area contributed by atoms with Crippen LogP contribution in [0.5, 0.6) is 0 Å². The van der Waals surface area contributed by atoms with Crippen LogP contribution in [-0.2, 0) is 12.3 Å². The maximum Gasteiger partial charge on any atom is 0.223 e. The molecule has 1 aromatic carbocycles. The Morgan fingerprint density at radius 1 is 1.18 bits per heavy atom. The van der Waals surface area contributed by atoms with Crippen molar-refractivity contribution in [2.24, 2.45) is 0 Å². The molecule has 1 aliphatic rings. The molecule has 0 unspecified atom stereocenters. The molecule has 148 valence electrons. The highest BCUT2D eigenvalue weighted by Crippen LogP contribution is 2.49. The van der Waals surface area contributed by atoms with Crippen LogP contribution < -0.4 is 5.32 Å². The number of benzene rings is 1. The van der Waals surface area contributed by atoms with Crippen LogP contribution >= 0.6 is 10.6 Å². The van der Waals surface area contributed by atoms with Crippen molar-refractivity contribution in [1.82, 2.24) is 19.7 Å². The highest BCUT2D eigenvalue weighted by atomic mass is 32.3. The van der Waals surface area contributed by atoms with E-state index < -0.39 is 10.6 Å². The molecule has 3 aromatic rings. The second-order valence-corrected chi connectivity index (χ2v) is 9.42. The summed E-state index contributed by atoms with van der Waals surface area (Å²) in [6.45, 7) is 4.40. The summed E-state index contributed by atoms with van der Waals surface area (Å²) in [5.74, 6) is 0.551. The lowest BCUT2D eigenvalue weighted by atomic mass is 10.0. The van der Waals surface area contributed by atoms with Gasteiger partial charge in [0, 0.05) is 17.8 Å². The van der Waals surface area contributed by atoms with Crippen LogP contribution in [0, 0.1) is 5.82 Å². The lowest BCUT2D eigenvalue weighted by Gasteiger charge is -2.36. The van der Waals surface area contributed by atoms with E-state index in [1.807, 2.05) is 13.8 Å². The number of rotatable bonds is 4. The molecule has 0 atom stereocenters. The minimum atomic E-state index is -2.71. The molecule has 4 rings (SSSR count). The fourth-order valence-corrected chi connectivity index (χ4v) is 4.60. The summed E-state index contributed by atoms with van der Waals surface area (Å²) in [5, 5.41) is 7.87. The fraction of sp³-hybridized carbons (Fsp3) is 0.316. The molecule has 0 aliphatic carbocycles. The number of hydrogen-bond acceptors (Lipinski definition) is 6. The van der Waals surface area contributed by atoms with Crippen molar-refractivity contribution in [2.75, 3.05) is 11.1 Å². The van der Waals surface area contributed by atoms with Gasteiger partial charge in [-0.25, -0.2) is 14.4 Å². The predicted molar refractivity (Wildman–Crippen MR) is 109 cm³/mol. The Hall–Kier alpha value is -2.49. The summed E-state index contributed by atoms with van der Waals surface area (Å²) in [6.07, 6.45) is 1.66. The molecule has 0 saturated carbocycles. The van der Waals surface area contributed by atoms with E-state index in [-0.39, 0.29) is 23.4 Å². The van der Waals surface area contributed by atoms with Gasteiger partial charge < -0.3 is 5.32 Å². The molecule has 9 heteroatoms. The van der Waals surface area contributed by atoms with Crippen LogP contribution in [0.1, 0.15) is 19.5 Å². The molecule has 0 saturated heterocycles. The van der Waals surface area contributed by atoms with E-state index in [0.29, 0.717) is 23.9 Å². The highest BCUT2D eigenvalue weighted by molar-refractivity contribution is 8.23. The van der Waals surface area contributed by atoms with Crippen LogP contribution in [0.3, 0.4) is 0 Å². The summed E-state index contributed by atoms with van der Waals surface area (Å²) >= 11 is 0. The van der Waals surface area contributed by atoms with Crippen LogP contribution in [-0.4, -0.2) is 40.6 Å². The third-order valence-electron chi connectivity index (χ3n) is 4.50. The van der Waals surface area contributed by atoms with Gasteiger partial charge in [0.2, 0.25) is 5.95 Å². The van der Waals surface area contributed by atoms with E-state index >= 15 is 0 Å². The molecule has 0 radical (unpaired) electrons. The average molecular weight is 403 g/mol. The zero-order valence-corrected chi connectivity index (χ0v) is 16.4. The first-order valence-corrected chi connectivity index (χ1v) is 10.9. The van der Waals surface area contributed by atoms with Crippen molar-refractivity contribution >= 4 is 16.5 Å². The maximum atomic E-state index is 13.4. The molecule has 3 N–H and O–H groups in total. The normalized spacial score (nSPS) is 16.6. The largest absolute Gasteiger partial charge is 0.352 e. The van der Waals surface area contributed by atoms with E-state index in [0.717, 1.165) is 16.8 Å². The van der Waals surface area contributed by atoms with E-state index in [4.69, 9.17) is 0 Å². The monoisotopic (exact) mass is 403 g/mol. The standard InChI is InChI=1S/C19H22FN5O2S/c1-12(2)22-19-21-8-7-15(23-19)17-16-11-28(26,27)10-9-25(16)24-18(17)13-3-5-14(20)6-4-13/h3-8,12,26-27H,9-11H2,1-2H3,(H,21,22,23). The number of fused-ring (bicyclic) bond motifs is 1. The van der Waals surface area contributed by atoms with Gasteiger partial charge in [0.25, 0.3) is 0 Å². The van der Waals surface area contributed by atoms with Gasteiger partial charge in [0.15, 0.2) is 0 Å². The molecule has 0 fully saturated rings. The van der Waals surface area contributed by atoms with Crippen molar-refractivity contribution in [1.29, 1.82) is 0 Å². The maximum absolute atomic E-state index is 13.4. The van der Waals surface area contributed by atoms with Gasteiger partial charge in [0.05, 0.1) is 35.0 Å². The quantitative estimate of drug-likeness (QED) is 0.603. The number of aromatic nitrogens is 4. The van der Waals surface area contributed by atoms with E-state index in [1.54, 1.807) is 29.1 Å². The van der Waals surface area contributed by atoms with Crippen LogP contribution in [0.2, 0.25) is 0 Å². The molecule has 7 nitrogen and oxygen atoms in total. The molecule has 0 bridgehead atoms. The van der Waals surface area contributed by atoms with Gasteiger partial charge >= 0.3 is 0 Å². The van der Waals surface area contributed by atoms with Gasteiger partial charge in [0.1, 0.15) is 11.5 Å². The topological polar surface area (TPSA) is 96.1 Å². The van der Waals surface area contributed by atoms with E-state index in [9.17, 15) is 13.5 Å². The van der Waals surface area contributed by atoms with Crippen molar-refractivity contribution in [2.45, 2.75) is 32.2 Å². The Bertz CT molecular complexity index is 1000. The lowest BCUT2D eigenvalue weighted by Crippen LogP contribution is -2.22. The Labute approximate surface area is 164 Å². The number of aryl methyl sites for hydroxylation is 1. The first-order valence-electron chi connectivity index (χ1n) is 9.01. The van der Waals surface area contributed by atoms with Gasteiger partial charge in [-0.1, -0.05) is 0 Å². The third-order valence-corrected chi connectivity index (χ3v) is 6.07. The number of halogens is 1. The first kappa shape index (κ1) is 18.9. The zero-order chi connectivity index (χ0) is 19.9. The molecule has 0 amide bonds. The fourth-order valence-electron chi connectivity index (χ4n) is 3.26. The third kappa shape index (κ3) is 3.73. The summed E-state index contributed by atoms with van der Waals surface area (Å²) in [5.41, 5.74) is 3.46. The number of anilines is 1. The van der Waals surface area contributed by atoms with Crippen LogP contribution in [0.25, 0.3) is 22.5 Å². The van der Waals surface area contributed by atoms with Crippen molar-refractivity contribution in [3.8, 4) is 22.5 Å². The lowest BCUT2D eigenvalue weighted by molar-refractivity contribution is 0.462. The Kier molecular flexibility index (Phi) is 4.82. The van der Waals surface area contributed by atoms with Crippen molar-refractivity contribution in [3.63, 3.8) is 0 Å². The van der Waals surface area contributed by atoms with Crippen molar-refractivity contribution in [3.05, 3.63) is 48.0 Å². The summed E-state index contributed by atoms with van der Waals surface area (Å²) < 4.78 is 35.8. The zero-order valence-electron chi connectivity index (χ0n) is 15.6. The number of nitrogens with zero attached hydrogens (tertiary/aromatic N) is 4. The minimum absolute atomic E-state index is 0.119. The molecule has 0 spiro atoms. The number of hydrogen-bond donors (Lipinski definition) is 3. The second kappa shape index (κ2) is 7.16. The average Bonchev–Trinajstić information content (AvgIpc) is 2.99. The molecule has 3 heterocycles. The Morgan fingerprint density at radius 3 is 2.64 bits per heavy atom. The van der Waals surface area contributed by atoms with Gasteiger partial charge in [-0.15, -0.1) is 0 Å². The molecule has 28 heavy (non-hydrogen) atoms. The minimum Gasteiger partial charge on any atom is -0.352 e. The van der Waals surface area contributed by atoms with Crippen LogP contribution in [0.15, 0.2) is 36.5 Å².